The van der Waals surface area contributed by atoms with Gasteiger partial charge in [-0.25, -0.2) is 0 Å². The van der Waals surface area contributed by atoms with E-state index >= 15 is 0 Å². The zero-order valence-corrected chi connectivity index (χ0v) is 23.1. The summed E-state index contributed by atoms with van der Waals surface area (Å²) >= 11 is 0. The number of aliphatic hydroxyl groups excluding tert-OH is 2. The first-order chi connectivity index (χ1) is 16.6. The molecule has 35 heavy (non-hydrogen) atoms. The number of phenols is 1. The highest BCUT2D eigenvalue weighted by molar-refractivity contribution is 5.50. The van der Waals surface area contributed by atoms with Crippen LogP contribution in [0.5, 0.6) is 11.5 Å². The minimum atomic E-state index is -1.15. The van der Waals surface area contributed by atoms with Crippen LogP contribution in [-0.4, -0.2) is 28.0 Å². The standard InChI is InChI=1S/C31H48O4/c1-9-19(5)23-16-17-26(28(30(23)34)22(8)12-4)29(33)27(32)18-35-31-24(20(6)10-2)14-13-15-25(31)21(7)11-3/h13-17,19-22,27,29,32-34H,9-12,18H2,1-8H3. The molecule has 0 bridgehead atoms. The van der Waals surface area contributed by atoms with Gasteiger partial charge in [-0.1, -0.05) is 85.7 Å². The maximum Gasteiger partial charge on any atom is 0.126 e. The van der Waals surface area contributed by atoms with Gasteiger partial charge < -0.3 is 20.1 Å². The minimum absolute atomic E-state index is 0.0220. The molecule has 0 aliphatic rings. The summed E-state index contributed by atoms with van der Waals surface area (Å²) in [6, 6.07) is 10.0. The Bertz CT molecular complexity index is 910. The molecule has 4 heteroatoms. The highest BCUT2D eigenvalue weighted by Gasteiger charge is 2.28. The van der Waals surface area contributed by atoms with Crippen molar-refractivity contribution in [3.63, 3.8) is 0 Å². The van der Waals surface area contributed by atoms with Gasteiger partial charge in [0.05, 0.1) is 0 Å². The third-order valence-electron chi connectivity index (χ3n) is 7.97. The van der Waals surface area contributed by atoms with E-state index < -0.39 is 12.2 Å². The quantitative estimate of drug-likeness (QED) is 0.270. The Labute approximate surface area is 213 Å². The minimum Gasteiger partial charge on any atom is -0.507 e. The van der Waals surface area contributed by atoms with Crippen molar-refractivity contribution in [3.05, 3.63) is 58.1 Å². The molecule has 0 aliphatic heterocycles. The Morgan fingerprint density at radius 3 is 1.60 bits per heavy atom. The highest BCUT2D eigenvalue weighted by Crippen LogP contribution is 2.41. The van der Waals surface area contributed by atoms with Gasteiger partial charge in [-0.2, -0.15) is 0 Å². The SMILES string of the molecule is CCC(C)c1ccc(C(O)C(O)COc2c(C(C)CC)cccc2C(C)CC)c(C(C)CC)c1O. The molecule has 0 saturated carbocycles. The molecule has 0 spiro atoms. The molecular weight excluding hydrogens is 436 g/mol. The Balaban J connectivity index is 2.39. The summed E-state index contributed by atoms with van der Waals surface area (Å²) < 4.78 is 6.28. The van der Waals surface area contributed by atoms with Crippen LogP contribution in [0.4, 0.5) is 0 Å². The summed E-state index contributed by atoms with van der Waals surface area (Å²) in [4.78, 5) is 0. The molecule has 6 atom stereocenters. The van der Waals surface area contributed by atoms with Crippen LogP contribution < -0.4 is 4.74 Å². The Kier molecular flexibility index (Phi) is 11.1. The number of hydrogen-bond donors (Lipinski definition) is 3. The molecule has 0 amide bonds. The summed E-state index contributed by atoms with van der Waals surface area (Å²) in [5, 5.41) is 33.4. The van der Waals surface area contributed by atoms with E-state index in [4.69, 9.17) is 4.74 Å². The van der Waals surface area contributed by atoms with Crippen molar-refractivity contribution in [2.75, 3.05) is 6.61 Å². The summed E-state index contributed by atoms with van der Waals surface area (Å²) in [6.07, 6.45) is 1.45. The number of rotatable bonds is 13. The molecular formula is C31H48O4. The molecule has 196 valence electrons. The van der Waals surface area contributed by atoms with E-state index in [0.717, 1.165) is 53.7 Å². The lowest BCUT2D eigenvalue weighted by atomic mass is 9.84. The Hall–Kier alpha value is -2.04. The smallest absolute Gasteiger partial charge is 0.126 e. The predicted molar refractivity (Wildman–Crippen MR) is 146 cm³/mol. The van der Waals surface area contributed by atoms with Crippen LogP contribution >= 0.6 is 0 Å². The molecule has 2 rings (SSSR count). The van der Waals surface area contributed by atoms with Crippen molar-refractivity contribution < 1.29 is 20.1 Å². The summed E-state index contributed by atoms with van der Waals surface area (Å²) in [7, 11) is 0. The summed E-state index contributed by atoms with van der Waals surface area (Å²) in [6.45, 7) is 17.0. The number of benzene rings is 2. The lowest BCUT2D eigenvalue weighted by Gasteiger charge is -2.27. The third kappa shape index (κ3) is 6.59. The molecule has 2 aromatic carbocycles. The average molecular weight is 485 g/mol. The first-order valence-electron chi connectivity index (χ1n) is 13.6. The van der Waals surface area contributed by atoms with Crippen LogP contribution in [0.2, 0.25) is 0 Å². The second kappa shape index (κ2) is 13.3. The van der Waals surface area contributed by atoms with Gasteiger partial charge in [0, 0.05) is 5.56 Å². The molecule has 3 N–H and O–H groups in total. The average Bonchev–Trinajstić information content (AvgIpc) is 2.88. The lowest BCUT2D eigenvalue weighted by molar-refractivity contribution is -0.0101. The number of ether oxygens (including phenoxy) is 1. The fourth-order valence-electron chi connectivity index (χ4n) is 4.66. The number of aromatic hydroxyl groups is 1. The Morgan fingerprint density at radius 1 is 0.657 bits per heavy atom. The molecule has 0 fully saturated rings. The van der Waals surface area contributed by atoms with Crippen molar-refractivity contribution in [2.45, 2.75) is 117 Å². The van der Waals surface area contributed by atoms with Crippen molar-refractivity contribution in [1.82, 2.24) is 0 Å². The van der Waals surface area contributed by atoms with E-state index in [9.17, 15) is 15.3 Å². The van der Waals surface area contributed by atoms with Crippen LogP contribution in [0, 0.1) is 0 Å². The second-order valence-corrected chi connectivity index (χ2v) is 10.3. The maximum atomic E-state index is 11.2. The van der Waals surface area contributed by atoms with Crippen LogP contribution in [0.3, 0.4) is 0 Å². The number of phenolic OH excluding ortho intramolecular Hbond substituents is 1. The Morgan fingerprint density at radius 2 is 1.11 bits per heavy atom. The zero-order valence-electron chi connectivity index (χ0n) is 23.1. The molecule has 0 heterocycles. The van der Waals surface area contributed by atoms with Gasteiger partial charge in [0.25, 0.3) is 0 Å². The first kappa shape index (κ1) is 29.2. The molecule has 0 aliphatic carbocycles. The number of para-hydroxylation sites is 1. The fourth-order valence-corrected chi connectivity index (χ4v) is 4.66. The molecule has 6 unspecified atom stereocenters. The van der Waals surface area contributed by atoms with E-state index in [1.807, 2.05) is 12.1 Å². The normalized spacial score (nSPS) is 16.9. The van der Waals surface area contributed by atoms with Gasteiger partial charge in [0.1, 0.15) is 30.3 Å². The van der Waals surface area contributed by atoms with E-state index in [-0.39, 0.29) is 24.2 Å². The van der Waals surface area contributed by atoms with Crippen LogP contribution in [0.25, 0.3) is 0 Å². The van der Waals surface area contributed by atoms with E-state index in [0.29, 0.717) is 17.4 Å². The molecule has 0 saturated heterocycles. The molecule has 2 aromatic rings. The van der Waals surface area contributed by atoms with Crippen LogP contribution in [-0.2, 0) is 0 Å². The number of aliphatic hydroxyl groups is 2. The first-order valence-corrected chi connectivity index (χ1v) is 13.6. The summed E-state index contributed by atoms with van der Waals surface area (Å²) in [5.41, 5.74) is 4.49. The number of hydrogen-bond acceptors (Lipinski definition) is 4. The molecule has 0 radical (unpaired) electrons. The molecule has 0 aromatic heterocycles. The van der Waals surface area contributed by atoms with E-state index in [1.165, 1.54) is 0 Å². The maximum absolute atomic E-state index is 11.2. The second-order valence-electron chi connectivity index (χ2n) is 10.3. The largest absolute Gasteiger partial charge is 0.507 e. The topological polar surface area (TPSA) is 69.9 Å². The van der Waals surface area contributed by atoms with Crippen molar-refractivity contribution >= 4 is 0 Å². The van der Waals surface area contributed by atoms with E-state index in [2.05, 4.69) is 73.6 Å². The van der Waals surface area contributed by atoms with Crippen LogP contribution in [0.15, 0.2) is 30.3 Å². The zero-order chi connectivity index (χ0) is 26.3. The summed E-state index contributed by atoms with van der Waals surface area (Å²) in [5.74, 6) is 2.02. The van der Waals surface area contributed by atoms with Gasteiger partial charge in [0.2, 0.25) is 0 Å². The van der Waals surface area contributed by atoms with E-state index in [1.54, 1.807) is 0 Å². The third-order valence-corrected chi connectivity index (χ3v) is 7.97. The van der Waals surface area contributed by atoms with Gasteiger partial charge in [-0.15, -0.1) is 0 Å². The van der Waals surface area contributed by atoms with Crippen molar-refractivity contribution in [2.24, 2.45) is 0 Å². The predicted octanol–water partition coefficient (Wildman–Crippen LogP) is 7.92. The fraction of sp³-hybridized carbons (Fsp3) is 0.613. The van der Waals surface area contributed by atoms with Gasteiger partial charge in [-0.05, 0) is 71.6 Å². The highest BCUT2D eigenvalue weighted by atomic mass is 16.5. The van der Waals surface area contributed by atoms with Crippen molar-refractivity contribution in [3.8, 4) is 11.5 Å². The van der Waals surface area contributed by atoms with Crippen LogP contribution in [0.1, 0.15) is 139 Å². The lowest BCUT2D eigenvalue weighted by Crippen LogP contribution is -2.27. The molecule has 4 nitrogen and oxygen atoms in total. The van der Waals surface area contributed by atoms with Crippen molar-refractivity contribution in [1.29, 1.82) is 0 Å². The van der Waals surface area contributed by atoms with Gasteiger partial charge in [-0.3, -0.25) is 0 Å². The monoisotopic (exact) mass is 484 g/mol. The van der Waals surface area contributed by atoms with Gasteiger partial charge in [0.15, 0.2) is 0 Å². The van der Waals surface area contributed by atoms with Gasteiger partial charge >= 0.3 is 0 Å².